The van der Waals surface area contributed by atoms with E-state index < -0.39 is 0 Å². The second-order valence-electron chi connectivity index (χ2n) is 6.54. The number of Topliss-reactive ketones (excluding diaryl/α,β-unsaturated/α-hetero) is 1. The van der Waals surface area contributed by atoms with Crippen LogP contribution in [0.2, 0.25) is 0 Å². The van der Waals surface area contributed by atoms with Crippen LogP contribution < -0.4 is 9.64 Å². The molecular formula is C21H22FN3O2. The Balaban J connectivity index is 1.46. The lowest BCUT2D eigenvalue weighted by molar-refractivity contribution is 0.101. The predicted molar refractivity (Wildman–Crippen MR) is 102 cm³/mol. The van der Waals surface area contributed by atoms with Crippen molar-refractivity contribution < 1.29 is 13.9 Å². The maximum absolute atomic E-state index is 14.3. The predicted octanol–water partition coefficient (Wildman–Crippen LogP) is 3.10. The van der Waals surface area contributed by atoms with Crippen LogP contribution in [0.4, 0.5) is 10.1 Å². The summed E-state index contributed by atoms with van der Waals surface area (Å²) >= 11 is 0. The van der Waals surface area contributed by atoms with Crippen molar-refractivity contribution in [1.29, 1.82) is 5.26 Å². The van der Waals surface area contributed by atoms with E-state index in [0.29, 0.717) is 23.4 Å². The Morgan fingerprint density at radius 3 is 2.44 bits per heavy atom. The molecule has 0 radical (unpaired) electrons. The van der Waals surface area contributed by atoms with Crippen molar-refractivity contribution in [2.45, 2.75) is 6.92 Å². The minimum absolute atomic E-state index is 0.132. The zero-order chi connectivity index (χ0) is 19.2. The maximum atomic E-state index is 14.3. The lowest BCUT2D eigenvalue weighted by atomic mass is 10.1. The van der Waals surface area contributed by atoms with E-state index >= 15 is 0 Å². The molecule has 0 aliphatic carbocycles. The number of carbonyl (C=O) groups excluding carboxylic acids is 1. The molecule has 5 nitrogen and oxygen atoms in total. The number of ether oxygens (including phenoxy) is 1. The summed E-state index contributed by atoms with van der Waals surface area (Å²) in [7, 11) is 0. The molecule has 6 heteroatoms. The summed E-state index contributed by atoms with van der Waals surface area (Å²) in [4.78, 5) is 15.6. The highest BCUT2D eigenvalue weighted by Crippen LogP contribution is 2.22. The molecule has 0 bridgehead atoms. The van der Waals surface area contributed by atoms with E-state index in [1.807, 2.05) is 4.90 Å². The molecule has 2 aromatic rings. The van der Waals surface area contributed by atoms with E-state index in [1.54, 1.807) is 36.4 Å². The molecule has 0 atom stereocenters. The van der Waals surface area contributed by atoms with Gasteiger partial charge < -0.3 is 9.64 Å². The number of halogens is 1. The molecule has 0 saturated carbocycles. The van der Waals surface area contributed by atoms with E-state index in [-0.39, 0.29) is 11.6 Å². The van der Waals surface area contributed by atoms with Crippen LogP contribution in [0, 0.1) is 17.1 Å². The Labute approximate surface area is 158 Å². The summed E-state index contributed by atoms with van der Waals surface area (Å²) in [6.07, 6.45) is 0. The zero-order valence-corrected chi connectivity index (χ0v) is 15.3. The highest BCUT2D eigenvalue weighted by molar-refractivity contribution is 5.94. The van der Waals surface area contributed by atoms with Gasteiger partial charge in [-0.15, -0.1) is 0 Å². The molecule has 140 valence electrons. The highest BCUT2D eigenvalue weighted by atomic mass is 19.1. The second kappa shape index (κ2) is 8.65. The molecule has 0 aromatic heterocycles. The minimum Gasteiger partial charge on any atom is -0.492 e. The van der Waals surface area contributed by atoms with E-state index in [4.69, 9.17) is 10.00 Å². The van der Waals surface area contributed by atoms with Crippen LogP contribution in [-0.2, 0) is 0 Å². The van der Waals surface area contributed by atoms with E-state index in [9.17, 15) is 9.18 Å². The molecule has 1 heterocycles. The number of nitrogens with zero attached hydrogens (tertiary/aromatic N) is 3. The van der Waals surface area contributed by atoms with Crippen molar-refractivity contribution in [2.24, 2.45) is 0 Å². The van der Waals surface area contributed by atoms with Crippen molar-refractivity contribution in [2.75, 3.05) is 44.2 Å². The van der Waals surface area contributed by atoms with Crippen molar-refractivity contribution in [3.8, 4) is 11.8 Å². The minimum atomic E-state index is -0.347. The van der Waals surface area contributed by atoms with Crippen LogP contribution in [0.3, 0.4) is 0 Å². The smallest absolute Gasteiger partial charge is 0.159 e. The van der Waals surface area contributed by atoms with Gasteiger partial charge in [0.05, 0.1) is 17.3 Å². The number of ketones is 1. The molecule has 0 N–H and O–H groups in total. The fourth-order valence-corrected chi connectivity index (χ4v) is 3.11. The normalized spacial score (nSPS) is 14.6. The highest BCUT2D eigenvalue weighted by Gasteiger charge is 2.20. The summed E-state index contributed by atoms with van der Waals surface area (Å²) in [6.45, 7) is 5.90. The number of benzene rings is 2. The van der Waals surface area contributed by atoms with Gasteiger partial charge in [-0.05, 0) is 49.4 Å². The van der Waals surface area contributed by atoms with E-state index in [1.165, 1.54) is 13.0 Å². The molecule has 2 aromatic carbocycles. The number of hydrogen-bond donors (Lipinski definition) is 0. The molecule has 3 rings (SSSR count). The van der Waals surface area contributed by atoms with Gasteiger partial charge in [-0.1, -0.05) is 0 Å². The van der Waals surface area contributed by atoms with Gasteiger partial charge in [-0.3, -0.25) is 9.69 Å². The van der Waals surface area contributed by atoms with Gasteiger partial charge in [0.1, 0.15) is 18.2 Å². The zero-order valence-electron chi connectivity index (χ0n) is 15.3. The number of hydrogen-bond acceptors (Lipinski definition) is 5. The van der Waals surface area contributed by atoms with Crippen LogP contribution in [0.15, 0.2) is 42.5 Å². The lowest BCUT2D eigenvalue weighted by Crippen LogP contribution is -2.47. The summed E-state index contributed by atoms with van der Waals surface area (Å²) in [5, 5.41) is 8.79. The number of nitriles is 1. The Hall–Kier alpha value is -2.91. The first-order valence-corrected chi connectivity index (χ1v) is 8.97. The summed E-state index contributed by atoms with van der Waals surface area (Å²) in [5.41, 5.74) is 1.56. The summed E-state index contributed by atoms with van der Waals surface area (Å²) in [6, 6.07) is 13.8. The fraction of sp³-hybridized carbons (Fsp3) is 0.333. The Morgan fingerprint density at radius 2 is 1.85 bits per heavy atom. The number of carbonyl (C=O) groups is 1. The average molecular weight is 367 g/mol. The van der Waals surface area contributed by atoms with Gasteiger partial charge in [0.25, 0.3) is 0 Å². The van der Waals surface area contributed by atoms with Crippen LogP contribution in [0.25, 0.3) is 0 Å². The van der Waals surface area contributed by atoms with Crippen molar-refractivity contribution in [1.82, 2.24) is 4.90 Å². The lowest BCUT2D eigenvalue weighted by Gasteiger charge is -2.36. The largest absolute Gasteiger partial charge is 0.492 e. The molecule has 0 spiro atoms. The van der Waals surface area contributed by atoms with E-state index in [2.05, 4.69) is 11.0 Å². The van der Waals surface area contributed by atoms with Gasteiger partial charge in [-0.25, -0.2) is 4.39 Å². The van der Waals surface area contributed by atoms with Gasteiger partial charge in [0.2, 0.25) is 0 Å². The first-order valence-electron chi connectivity index (χ1n) is 8.97. The van der Waals surface area contributed by atoms with Gasteiger partial charge in [0.15, 0.2) is 5.78 Å². The third kappa shape index (κ3) is 4.83. The van der Waals surface area contributed by atoms with Crippen molar-refractivity contribution >= 4 is 11.5 Å². The SMILES string of the molecule is CC(=O)c1ccc(N2CCN(CCOc3ccc(C#N)cc3)CC2)c(F)c1. The van der Waals surface area contributed by atoms with Crippen LogP contribution >= 0.6 is 0 Å². The van der Waals surface area contributed by atoms with Gasteiger partial charge >= 0.3 is 0 Å². The summed E-state index contributed by atoms with van der Waals surface area (Å²) in [5.74, 6) is 0.271. The van der Waals surface area contributed by atoms with Gasteiger partial charge in [-0.2, -0.15) is 5.26 Å². The van der Waals surface area contributed by atoms with Crippen molar-refractivity contribution in [3.63, 3.8) is 0 Å². The topological polar surface area (TPSA) is 56.6 Å². The van der Waals surface area contributed by atoms with Crippen LogP contribution in [0.5, 0.6) is 5.75 Å². The van der Waals surface area contributed by atoms with Crippen LogP contribution in [0.1, 0.15) is 22.8 Å². The maximum Gasteiger partial charge on any atom is 0.159 e. The van der Waals surface area contributed by atoms with Crippen molar-refractivity contribution in [3.05, 3.63) is 59.4 Å². The summed E-state index contributed by atoms with van der Waals surface area (Å²) < 4.78 is 20.0. The molecule has 0 unspecified atom stereocenters. The molecule has 0 amide bonds. The Bertz CT molecular complexity index is 837. The van der Waals surface area contributed by atoms with Gasteiger partial charge in [0, 0.05) is 38.3 Å². The first-order chi connectivity index (χ1) is 13.1. The molecule has 27 heavy (non-hydrogen) atoms. The average Bonchev–Trinajstić information content (AvgIpc) is 2.69. The second-order valence-corrected chi connectivity index (χ2v) is 6.54. The number of piperazine rings is 1. The first kappa shape index (κ1) is 18.9. The van der Waals surface area contributed by atoms with Crippen LogP contribution in [-0.4, -0.2) is 50.0 Å². The molecular weight excluding hydrogens is 345 g/mol. The Morgan fingerprint density at radius 1 is 1.15 bits per heavy atom. The monoisotopic (exact) mass is 367 g/mol. The third-order valence-corrected chi connectivity index (χ3v) is 4.73. The molecule has 1 aliphatic heterocycles. The molecule has 1 saturated heterocycles. The number of anilines is 1. The molecule has 1 aliphatic rings. The van der Waals surface area contributed by atoms with E-state index in [0.717, 1.165) is 38.5 Å². The third-order valence-electron chi connectivity index (χ3n) is 4.73. The number of rotatable bonds is 6. The Kier molecular flexibility index (Phi) is 6.05. The standard InChI is InChI=1S/C21H22FN3O2/c1-16(26)18-4-7-21(20(22)14-18)25-10-8-24(9-11-25)12-13-27-19-5-2-17(15-23)3-6-19/h2-7,14H,8-13H2,1H3. The molecule has 1 fully saturated rings. The quantitative estimate of drug-likeness (QED) is 0.735. The fourth-order valence-electron chi connectivity index (χ4n) is 3.11.